The lowest BCUT2D eigenvalue weighted by Gasteiger charge is -2.12. The Morgan fingerprint density at radius 1 is 1.57 bits per heavy atom. The molecule has 1 N–H and O–H groups in total. The first-order valence-corrected chi connectivity index (χ1v) is 4.27. The van der Waals surface area contributed by atoms with Gasteiger partial charge in [0.15, 0.2) is 0 Å². The highest BCUT2D eigenvalue weighted by Gasteiger charge is 2.17. The normalized spacial score (nSPS) is 14.1. The molecule has 1 heterocycles. The molecule has 0 radical (unpaired) electrons. The fourth-order valence-corrected chi connectivity index (χ4v) is 1.04. The van der Waals surface area contributed by atoms with Gasteiger partial charge in [0.25, 0.3) is 0 Å². The Morgan fingerprint density at radius 3 is 2.86 bits per heavy atom. The SMILES string of the molecule is COc1cccc(C(O)C(C)C#N)n1. The summed E-state index contributed by atoms with van der Waals surface area (Å²) in [5, 5.41) is 18.3. The second-order valence-electron chi connectivity index (χ2n) is 2.97. The number of aliphatic hydroxyl groups excluding tert-OH is 1. The van der Waals surface area contributed by atoms with Crippen LogP contribution in [-0.4, -0.2) is 17.2 Å². The first kappa shape index (κ1) is 10.5. The number of aromatic nitrogens is 1. The molecule has 14 heavy (non-hydrogen) atoms. The zero-order chi connectivity index (χ0) is 10.6. The van der Waals surface area contributed by atoms with Crippen LogP contribution < -0.4 is 4.74 Å². The molecule has 0 aliphatic carbocycles. The van der Waals surface area contributed by atoms with E-state index in [1.807, 2.05) is 6.07 Å². The largest absolute Gasteiger partial charge is 0.481 e. The Hall–Kier alpha value is -1.60. The molecule has 74 valence electrons. The average molecular weight is 192 g/mol. The Labute approximate surface area is 82.8 Å². The number of pyridine rings is 1. The van der Waals surface area contributed by atoms with E-state index in [2.05, 4.69) is 4.98 Å². The molecule has 4 heteroatoms. The fraction of sp³-hybridized carbons (Fsp3) is 0.400. The van der Waals surface area contributed by atoms with Crippen molar-refractivity contribution >= 4 is 0 Å². The van der Waals surface area contributed by atoms with Crippen LogP contribution in [-0.2, 0) is 0 Å². The highest BCUT2D eigenvalue weighted by atomic mass is 16.5. The summed E-state index contributed by atoms with van der Waals surface area (Å²) in [7, 11) is 1.51. The molecule has 0 saturated carbocycles. The van der Waals surface area contributed by atoms with Crippen molar-refractivity contribution in [1.82, 2.24) is 4.98 Å². The van der Waals surface area contributed by atoms with Crippen LogP contribution >= 0.6 is 0 Å². The first-order valence-electron chi connectivity index (χ1n) is 4.27. The van der Waals surface area contributed by atoms with E-state index in [0.717, 1.165) is 0 Å². The van der Waals surface area contributed by atoms with E-state index in [9.17, 15) is 5.11 Å². The lowest BCUT2D eigenvalue weighted by molar-refractivity contribution is 0.137. The molecule has 1 aromatic rings. The lowest BCUT2D eigenvalue weighted by atomic mass is 10.0. The van der Waals surface area contributed by atoms with Gasteiger partial charge in [-0.05, 0) is 13.0 Å². The second kappa shape index (κ2) is 4.58. The zero-order valence-electron chi connectivity index (χ0n) is 8.14. The predicted octanol–water partition coefficient (Wildman–Crippen LogP) is 1.28. The number of nitrogens with zero attached hydrogens (tertiary/aromatic N) is 2. The van der Waals surface area contributed by atoms with Gasteiger partial charge in [0.05, 0.1) is 24.8 Å². The van der Waals surface area contributed by atoms with Crippen LogP contribution in [0.15, 0.2) is 18.2 Å². The molecule has 0 saturated heterocycles. The van der Waals surface area contributed by atoms with Crippen molar-refractivity contribution in [2.24, 2.45) is 5.92 Å². The predicted molar refractivity (Wildman–Crippen MR) is 50.5 cm³/mol. The van der Waals surface area contributed by atoms with Crippen LogP contribution in [0, 0.1) is 17.2 Å². The molecule has 2 atom stereocenters. The molecule has 1 aromatic heterocycles. The maximum Gasteiger partial charge on any atom is 0.213 e. The van der Waals surface area contributed by atoms with Crippen molar-refractivity contribution in [3.63, 3.8) is 0 Å². The smallest absolute Gasteiger partial charge is 0.213 e. The van der Waals surface area contributed by atoms with E-state index < -0.39 is 12.0 Å². The van der Waals surface area contributed by atoms with E-state index in [-0.39, 0.29) is 0 Å². The summed E-state index contributed by atoms with van der Waals surface area (Å²) in [5.41, 5.74) is 0.457. The van der Waals surface area contributed by atoms with Crippen LogP contribution in [0.25, 0.3) is 0 Å². The zero-order valence-corrected chi connectivity index (χ0v) is 8.14. The summed E-state index contributed by atoms with van der Waals surface area (Å²) in [6.07, 6.45) is -0.866. The van der Waals surface area contributed by atoms with Crippen molar-refractivity contribution < 1.29 is 9.84 Å². The molecule has 0 bridgehead atoms. The Bertz CT molecular complexity index is 346. The molecule has 1 rings (SSSR count). The minimum atomic E-state index is -0.866. The maximum atomic E-state index is 9.67. The molecular weight excluding hydrogens is 180 g/mol. The van der Waals surface area contributed by atoms with Gasteiger partial charge < -0.3 is 9.84 Å². The Balaban J connectivity index is 2.90. The molecule has 0 spiro atoms. The van der Waals surface area contributed by atoms with E-state index in [4.69, 9.17) is 10.00 Å². The Kier molecular flexibility index (Phi) is 3.43. The topological polar surface area (TPSA) is 66.1 Å². The minimum absolute atomic E-state index is 0.437. The summed E-state index contributed by atoms with van der Waals surface area (Å²) < 4.78 is 4.91. The number of hydrogen-bond acceptors (Lipinski definition) is 4. The van der Waals surface area contributed by atoms with Crippen LogP contribution in [0.2, 0.25) is 0 Å². The first-order chi connectivity index (χ1) is 6.69. The van der Waals surface area contributed by atoms with Gasteiger partial charge in [0.1, 0.15) is 6.10 Å². The number of methoxy groups -OCH3 is 1. The van der Waals surface area contributed by atoms with Gasteiger partial charge in [-0.3, -0.25) is 0 Å². The van der Waals surface area contributed by atoms with E-state index >= 15 is 0 Å². The van der Waals surface area contributed by atoms with Crippen LogP contribution in [0.3, 0.4) is 0 Å². The van der Waals surface area contributed by atoms with Gasteiger partial charge in [-0.1, -0.05) is 6.07 Å². The standard InChI is InChI=1S/C10H12N2O2/c1-7(6-11)10(13)8-4-3-5-9(12-8)14-2/h3-5,7,10,13H,1-2H3. The highest BCUT2D eigenvalue weighted by molar-refractivity contribution is 5.18. The van der Waals surface area contributed by atoms with Crippen molar-refractivity contribution in [2.45, 2.75) is 13.0 Å². The van der Waals surface area contributed by atoms with Gasteiger partial charge in [-0.2, -0.15) is 5.26 Å². The van der Waals surface area contributed by atoms with Crippen LogP contribution in [0.5, 0.6) is 5.88 Å². The van der Waals surface area contributed by atoms with Gasteiger partial charge in [0.2, 0.25) is 5.88 Å². The number of aliphatic hydroxyl groups is 1. The van der Waals surface area contributed by atoms with E-state index in [0.29, 0.717) is 11.6 Å². The summed E-state index contributed by atoms with van der Waals surface area (Å²) >= 11 is 0. The number of nitriles is 1. The number of rotatable bonds is 3. The molecule has 0 aliphatic rings. The molecule has 2 unspecified atom stereocenters. The van der Waals surface area contributed by atoms with Crippen molar-refractivity contribution in [1.29, 1.82) is 5.26 Å². The average Bonchev–Trinajstić information content (AvgIpc) is 2.27. The molecule has 0 aromatic carbocycles. The molecule has 4 nitrogen and oxygen atoms in total. The third kappa shape index (κ3) is 2.21. The molecule has 0 amide bonds. The summed E-state index contributed by atoms with van der Waals surface area (Å²) in [6.45, 7) is 1.64. The van der Waals surface area contributed by atoms with Crippen LogP contribution in [0.4, 0.5) is 0 Å². The van der Waals surface area contributed by atoms with E-state index in [1.165, 1.54) is 7.11 Å². The van der Waals surface area contributed by atoms with Crippen LogP contribution in [0.1, 0.15) is 18.7 Å². The Morgan fingerprint density at radius 2 is 2.29 bits per heavy atom. The van der Waals surface area contributed by atoms with Crippen molar-refractivity contribution in [3.8, 4) is 11.9 Å². The van der Waals surface area contributed by atoms with Gasteiger partial charge in [-0.15, -0.1) is 0 Å². The van der Waals surface area contributed by atoms with Gasteiger partial charge in [-0.25, -0.2) is 4.98 Å². The molecule has 0 aliphatic heterocycles. The fourth-order valence-electron chi connectivity index (χ4n) is 1.04. The lowest BCUT2D eigenvalue weighted by Crippen LogP contribution is -2.09. The van der Waals surface area contributed by atoms with Crippen molar-refractivity contribution in [2.75, 3.05) is 7.11 Å². The summed E-state index contributed by atoms with van der Waals surface area (Å²) in [6, 6.07) is 7.06. The minimum Gasteiger partial charge on any atom is -0.481 e. The van der Waals surface area contributed by atoms with E-state index in [1.54, 1.807) is 25.1 Å². The summed E-state index contributed by atoms with van der Waals surface area (Å²) in [5.74, 6) is -0.0405. The summed E-state index contributed by atoms with van der Waals surface area (Å²) in [4.78, 5) is 4.04. The van der Waals surface area contributed by atoms with Gasteiger partial charge >= 0.3 is 0 Å². The number of ether oxygens (including phenoxy) is 1. The third-order valence-electron chi connectivity index (χ3n) is 1.93. The monoisotopic (exact) mass is 192 g/mol. The molecular formula is C10H12N2O2. The highest BCUT2D eigenvalue weighted by Crippen LogP contribution is 2.20. The van der Waals surface area contributed by atoms with Gasteiger partial charge in [0, 0.05) is 6.07 Å². The third-order valence-corrected chi connectivity index (χ3v) is 1.93. The second-order valence-corrected chi connectivity index (χ2v) is 2.97. The quantitative estimate of drug-likeness (QED) is 0.783. The maximum absolute atomic E-state index is 9.67. The van der Waals surface area contributed by atoms with Crippen molar-refractivity contribution in [3.05, 3.63) is 23.9 Å². The molecule has 0 fully saturated rings. The number of hydrogen-bond donors (Lipinski definition) is 1.